The third-order valence-corrected chi connectivity index (χ3v) is 6.93. The molecule has 2 aromatic rings. The number of hydrogen-bond donors (Lipinski definition) is 0. The summed E-state index contributed by atoms with van der Waals surface area (Å²) in [6, 6.07) is 11.1. The number of pyridine rings is 1. The topological polar surface area (TPSA) is 69.0 Å². The minimum atomic E-state index is -0.683. The van der Waals surface area contributed by atoms with Crippen molar-refractivity contribution < 1.29 is 52.3 Å². The number of nitrogens with zero attached hydrogens (tertiary/aromatic N) is 2. The van der Waals surface area contributed by atoms with E-state index in [1.165, 1.54) is 77.6 Å². The van der Waals surface area contributed by atoms with E-state index in [0.29, 0.717) is 18.1 Å². The summed E-state index contributed by atoms with van der Waals surface area (Å²) in [7, 11) is 3.46. The number of ether oxygens (including phenoxy) is 3. The lowest BCUT2D eigenvalue weighted by atomic mass is 10.1. The first-order chi connectivity index (χ1) is 19.0. The van der Waals surface area contributed by atoms with Crippen LogP contribution in [0.15, 0.2) is 42.6 Å². The van der Waals surface area contributed by atoms with Crippen molar-refractivity contribution in [3.63, 3.8) is 0 Å². The van der Waals surface area contributed by atoms with Crippen LogP contribution in [0.5, 0.6) is 11.5 Å². The van der Waals surface area contributed by atoms with Crippen molar-refractivity contribution in [2.75, 3.05) is 13.7 Å². The average molecular weight is 669 g/mol. The molecule has 0 bridgehead atoms. The first kappa shape index (κ1) is 35.7. The third-order valence-electron chi connectivity index (χ3n) is 6.93. The van der Waals surface area contributed by atoms with Crippen LogP contribution in [-0.2, 0) is 29.7 Å². The summed E-state index contributed by atoms with van der Waals surface area (Å²) >= 11 is 0. The second-order valence-corrected chi connectivity index (χ2v) is 10.2. The van der Waals surface area contributed by atoms with Gasteiger partial charge < -0.3 is 38.2 Å². The van der Waals surface area contributed by atoms with Gasteiger partial charge in [0, 0.05) is 19.1 Å². The molecule has 8 heteroatoms. The van der Waals surface area contributed by atoms with Gasteiger partial charge >= 0.3 is 6.09 Å². The van der Waals surface area contributed by atoms with Gasteiger partial charge in [-0.3, -0.25) is 4.79 Å². The number of methoxy groups -OCH3 is 1. The number of aromatic nitrogens is 1. The Bertz CT molecular complexity index is 1000. The quantitative estimate of drug-likeness (QED) is 0.127. The fourth-order valence-corrected chi connectivity index (χ4v) is 4.46. The van der Waals surface area contributed by atoms with E-state index >= 15 is 0 Å². The molecule has 40 heavy (non-hydrogen) atoms. The molecule has 0 spiro atoms. The summed E-state index contributed by atoms with van der Waals surface area (Å²) in [5.74, 6) is 0.905. The number of imide groups is 1. The van der Waals surface area contributed by atoms with Gasteiger partial charge in [0.1, 0.15) is 20.2 Å². The lowest BCUT2D eigenvalue weighted by molar-refractivity contribution is -0.679. The van der Waals surface area contributed by atoms with Gasteiger partial charge in [0.15, 0.2) is 17.7 Å². The lowest BCUT2D eigenvalue weighted by Crippen LogP contribution is -3.00. The standard InChI is InChI=1S/C32H49N2O5.HI/c1-5-6-7-8-9-10-11-12-13-14-15-18-23-38-30-21-20-28(24-31(30)37-4)26-39-32(36)34(27(2)35)25-29-19-16-17-22-33(29)3;/h16-17,19-22,24H,5-15,18,23,25-26H2,1-4H3;1H/q+1;/p-1. The average Bonchev–Trinajstić information content (AvgIpc) is 2.93. The van der Waals surface area contributed by atoms with Crippen molar-refractivity contribution >= 4 is 12.0 Å². The van der Waals surface area contributed by atoms with Gasteiger partial charge in [-0.25, -0.2) is 14.3 Å². The van der Waals surface area contributed by atoms with E-state index in [9.17, 15) is 9.59 Å². The molecule has 0 unspecified atom stereocenters. The van der Waals surface area contributed by atoms with Gasteiger partial charge in [0.25, 0.3) is 0 Å². The SMILES string of the molecule is CCCCCCCCCCCCCCOc1ccc(COC(=O)N(Cc2cccc[n+]2C)C(C)=O)cc1OC.[I-]. The summed E-state index contributed by atoms with van der Waals surface area (Å²) < 4.78 is 18.8. The normalized spacial score (nSPS) is 10.5. The van der Waals surface area contributed by atoms with Crippen molar-refractivity contribution in [1.29, 1.82) is 0 Å². The number of benzene rings is 1. The summed E-state index contributed by atoms with van der Waals surface area (Å²) in [5, 5.41) is 0. The van der Waals surface area contributed by atoms with Crippen molar-refractivity contribution in [2.24, 2.45) is 7.05 Å². The fourth-order valence-electron chi connectivity index (χ4n) is 4.46. The molecule has 0 aliphatic rings. The van der Waals surface area contributed by atoms with Crippen LogP contribution in [0.2, 0.25) is 0 Å². The molecule has 0 aliphatic carbocycles. The molecule has 0 atom stereocenters. The second-order valence-electron chi connectivity index (χ2n) is 10.2. The molecular weight excluding hydrogens is 619 g/mol. The number of unbranched alkanes of at least 4 members (excludes halogenated alkanes) is 11. The van der Waals surface area contributed by atoms with Gasteiger partial charge in [0.05, 0.1) is 13.7 Å². The summed E-state index contributed by atoms with van der Waals surface area (Å²) in [6.07, 6.45) is 16.9. The molecule has 0 saturated carbocycles. The molecule has 0 fully saturated rings. The molecule has 0 aliphatic heterocycles. The van der Waals surface area contributed by atoms with E-state index < -0.39 is 6.09 Å². The van der Waals surface area contributed by atoms with E-state index in [0.717, 1.165) is 22.6 Å². The highest BCUT2D eigenvalue weighted by Gasteiger charge is 2.23. The van der Waals surface area contributed by atoms with Crippen LogP contribution < -0.4 is 38.0 Å². The van der Waals surface area contributed by atoms with Gasteiger partial charge in [-0.15, -0.1) is 0 Å². The molecular formula is C32H49IN2O5. The fraction of sp³-hybridized carbons (Fsp3) is 0.594. The maximum Gasteiger partial charge on any atom is 0.417 e. The predicted molar refractivity (Wildman–Crippen MR) is 154 cm³/mol. The van der Waals surface area contributed by atoms with Crippen LogP contribution in [0.25, 0.3) is 0 Å². The Hall–Kier alpha value is -2.36. The number of rotatable bonds is 19. The number of aryl methyl sites for hydroxylation is 1. The van der Waals surface area contributed by atoms with Gasteiger partial charge in [-0.2, -0.15) is 0 Å². The van der Waals surface area contributed by atoms with Crippen molar-refractivity contribution in [1.82, 2.24) is 4.90 Å². The van der Waals surface area contributed by atoms with Crippen LogP contribution in [0, 0.1) is 0 Å². The van der Waals surface area contributed by atoms with Gasteiger partial charge in [0.2, 0.25) is 11.6 Å². The van der Waals surface area contributed by atoms with E-state index in [1.807, 2.05) is 48.1 Å². The molecule has 1 aromatic carbocycles. The zero-order valence-corrected chi connectivity index (χ0v) is 27.1. The Morgan fingerprint density at radius 2 is 1.48 bits per heavy atom. The maximum absolute atomic E-state index is 12.7. The number of hydrogen-bond acceptors (Lipinski definition) is 5. The third kappa shape index (κ3) is 13.8. The Balaban J connectivity index is 0.00000800. The molecule has 1 aromatic heterocycles. The molecule has 7 nitrogen and oxygen atoms in total. The minimum Gasteiger partial charge on any atom is -1.00 e. The summed E-state index contributed by atoms with van der Waals surface area (Å²) in [6.45, 7) is 4.43. The van der Waals surface area contributed by atoms with Crippen molar-refractivity contribution in [3.05, 3.63) is 53.9 Å². The first-order valence-corrected chi connectivity index (χ1v) is 14.6. The Morgan fingerprint density at radius 3 is 2.05 bits per heavy atom. The van der Waals surface area contributed by atoms with E-state index in [2.05, 4.69) is 6.92 Å². The zero-order valence-electron chi connectivity index (χ0n) is 25.0. The molecule has 0 N–H and O–H groups in total. The molecule has 224 valence electrons. The van der Waals surface area contributed by atoms with Crippen LogP contribution in [0.4, 0.5) is 4.79 Å². The number of amides is 2. The maximum atomic E-state index is 12.7. The van der Waals surface area contributed by atoms with Crippen LogP contribution in [-0.4, -0.2) is 30.6 Å². The van der Waals surface area contributed by atoms with Crippen molar-refractivity contribution in [3.8, 4) is 11.5 Å². The first-order valence-electron chi connectivity index (χ1n) is 14.6. The zero-order chi connectivity index (χ0) is 28.3. The van der Waals surface area contributed by atoms with Gasteiger partial charge in [-0.05, 0) is 24.1 Å². The molecule has 1 heterocycles. The Labute approximate surface area is 258 Å². The number of halogens is 1. The number of carbonyl (C=O) groups excluding carboxylic acids is 2. The lowest BCUT2D eigenvalue weighted by Gasteiger charge is -2.18. The largest absolute Gasteiger partial charge is 1.00 e. The van der Waals surface area contributed by atoms with Crippen LogP contribution >= 0.6 is 0 Å². The minimum absolute atomic E-state index is 0. The smallest absolute Gasteiger partial charge is 0.417 e. The summed E-state index contributed by atoms with van der Waals surface area (Å²) in [4.78, 5) is 25.9. The van der Waals surface area contributed by atoms with Gasteiger partial charge in [-0.1, -0.05) is 89.7 Å². The molecule has 0 saturated heterocycles. The second kappa shape index (κ2) is 21.4. The molecule has 2 amide bonds. The van der Waals surface area contributed by atoms with Crippen molar-refractivity contribution in [2.45, 2.75) is 104 Å². The highest BCUT2D eigenvalue weighted by Crippen LogP contribution is 2.29. The molecule has 2 rings (SSSR count). The monoisotopic (exact) mass is 668 g/mol. The van der Waals surface area contributed by atoms with Crippen LogP contribution in [0.1, 0.15) is 102 Å². The van der Waals surface area contributed by atoms with E-state index in [-0.39, 0.29) is 43.0 Å². The Kier molecular flexibility index (Phi) is 19.1. The highest BCUT2D eigenvalue weighted by molar-refractivity contribution is 5.90. The summed E-state index contributed by atoms with van der Waals surface area (Å²) in [5.41, 5.74) is 1.58. The highest BCUT2D eigenvalue weighted by atomic mass is 127. The molecule has 0 radical (unpaired) electrons. The Morgan fingerprint density at radius 1 is 0.850 bits per heavy atom. The van der Waals surface area contributed by atoms with E-state index in [4.69, 9.17) is 14.2 Å². The predicted octanol–water partition coefficient (Wildman–Crippen LogP) is 4.29. The van der Waals surface area contributed by atoms with E-state index in [1.54, 1.807) is 13.2 Å². The van der Waals surface area contributed by atoms with Crippen LogP contribution in [0.3, 0.4) is 0 Å². The number of carbonyl (C=O) groups is 2.